The van der Waals surface area contributed by atoms with Crippen LogP contribution in [0.5, 0.6) is 11.5 Å². The number of aryl methyl sites for hydroxylation is 1. The lowest BCUT2D eigenvalue weighted by molar-refractivity contribution is -0.160. The van der Waals surface area contributed by atoms with Gasteiger partial charge in [0.2, 0.25) is 0 Å². The van der Waals surface area contributed by atoms with Gasteiger partial charge in [0.25, 0.3) is 5.91 Å². The standard InChI is InChI=1S/C23H28N6O4/c1-15-19(33-17-8-9-26-18(12-17)16(13-24-4)14-25-5)6-7-20(27-15)28-22(31)29-10-11-32-23(2,3)21(29)30/h6-9,12-14,24H,10-11H2,1-5H3,(H,27,28,31)/b16-13+,25-14?. The molecule has 3 rings (SSSR count). The predicted molar refractivity (Wildman–Crippen MR) is 126 cm³/mol. The minimum absolute atomic E-state index is 0.186. The number of imide groups is 1. The molecule has 0 radical (unpaired) electrons. The SMILES string of the molecule is CN=C/C(=C\NC)c1cc(Oc2ccc(NC(=O)N3CCOC(C)(C)C3=O)nc2C)ccn1. The molecule has 174 valence electrons. The molecule has 3 heterocycles. The summed E-state index contributed by atoms with van der Waals surface area (Å²) in [5.41, 5.74) is 1.03. The first-order chi connectivity index (χ1) is 15.7. The molecule has 0 atom stereocenters. The molecule has 1 aliphatic heterocycles. The van der Waals surface area contributed by atoms with E-state index in [0.717, 1.165) is 10.5 Å². The van der Waals surface area contributed by atoms with E-state index in [9.17, 15) is 9.59 Å². The number of hydrogen-bond acceptors (Lipinski definition) is 8. The number of carbonyl (C=O) groups excluding carboxylic acids is 2. The van der Waals surface area contributed by atoms with Crippen LogP contribution in [0.25, 0.3) is 5.57 Å². The first kappa shape index (κ1) is 23.9. The van der Waals surface area contributed by atoms with Crippen molar-refractivity contribution in [2.75, 3.05) is 32.6 Å². The molecule has 0 unspecified atom stereocenters. The maximum Gasteiger partial charge on any atom is 0.329 e. The van der Waals surface area contributed by atoms with Crippen LogP contribution in [0, 0.1) is 6.92 Å². The van der Waals surface area contributed by atoms with Crippen LogP contribution in [0.2, 0.25) is 0 Å². The zero-order valence-corrected chi connectivity index (χ0v) is 19.4. The number of rotatable bonds is 6. The van der Waals surface area contributed by atoms with Gasteiger partial charge in [-0.1, -0.05) is 0 Å². The van der Waals surface area contributed by atoms with Gasteiger partial charge in [-0.2, -0.15) is 0 Å². The molecule has 2 N–H and O–H groups in total. The van der Waals surface area contributed by atoms with E-state index in [0.29, 0.717) is 28.7 Å². The molecule has 10 heteroatoms. The van der Waals surface area contributed by atoms with E-state index >= 15 is 0 Å². The van der Waals surface area contributed by atoms with E-state index in [4.69, 9.17) is 9.47 Å². The van der Waals surface area contributed by atoms with Gasteiger partial charge in [0, 0.05) is 44.3 Å². The second-order valence-corrected chi connectivity index (χ2v) is 7.78. The summed E-state index contributed by atoms with van der Waals surface area (Å²) in [7, 11) is 3.49. The van der Waals surface area contributed by atoms with Crippen LogP contribution >= 0.6 is 0 Å². The maximum absolute atomic E-state index is 12.6. The third-order valence-corrected chi connectivity index (χ3v) is 4.88. The summed E-state index contributed by atoms with van der Waals surface area (Å²) in [4.78, 5) is 39.0. The van der Waals surface area contributed by atoms with Gasteiger partial charge in [0.15, 0.2) is 0 Å². The third kappa shape index (κ3) is 5.72. The fourth-order valence-electron chi connectivity index (χ4n) is 3.21. The lowest BCUT2D eigenvalue weighted by Gasteiger charge is -2.35. The summed E-state index contributed by atoms with van der Waals surface area (Å²) >= 11 is 0. The quantitative estimate of drug-likeness (QED) is 0.647. The van der Waals surface area contributed by atoms with Crippen molar-refractivity contribution in [1.29, 1.82) is 0 Å². The fourth-order valence-corrected chi connectivity index (χ4v) is 3.21. The van der Waals surface area contributed by atoms with Crippen LogP contribution < -0.4 is 15.4 Å². The van der Waals surface area contributed by atoms with Crippen molar-refractivity contribution in [3.63, 3.8) is 0 Å². The molecule has 1 saturated heterocycles. The minimum atomic E-state index is -1.04. The van der Waals surface area contributed by atoms with Crippen LogP contribution in [0.4, 0.5) is 10.6 Å². The molecular formula is C23H28N6O4. The van der Waals surface area contributed by atoms with E-state index in [2.05, 4.69) is 25.6 Å². The van der Waals surface area contributed by atoms with Crippen molar-refractivity contribution in [3.05, 3.63) is 48.1 Å². The second kappa shape index (κ2) is 10.2. The van der Waals surface area contributed by atoms with Crippen molar-refractivity contribution in [3.8, 4) is 11.5 Å². The number of anilines is 1. The molecule has 0 spiro atoms. The number of hydrogen-bond donors (Lipinski definition) is 2. The van der Waals surface area contributed by atoms with Gasteiger partial charge in [-0.05, 0) is 39.0 Å². The number of morpholine rings is 1. The number of pyridine rings is 2. The number of allylic oxidation sites excluding steroid dienone is 1. The van der Waals surface area contributed by atoms with Crippen LogP contribution in [-0.2, 0) is 9.53 Å². The number of aliphatic imine (C=N–C) groups is 1. The molecule has 2 aromatic heterocycles. The second-order valence-electron chi connectivity index (χ2n) is 7.78. The molecule has 0 bridgehead atoms. The molecule has 33 heavy (non-hydrogen) atoms. The van der Waals surface area contributed by atoms with Crippen LogP contribution in [-0.4, -0.2) is 65.9 Å². The molecular weight excluding hydrogens is 424 g/mol. The summed E-state index contributed by atoms with van der Waals surface area (Å²) in [6, 6.07) is 6.32. The molecule has 1 fully saturated rings. The Hall–Kier alpha value is -3.79. The Balaban J connectivity index is 1.73. The Kier molecular flexibility index (Phi) is 7.39. The number of urea groups is 1. The highest BCUT2D eigenvalue weighted by molar-refractivity contribution is 6.08. The molecule has 10 nitrogen and oxygen atoms in total. The molecule has 0 aliphatic carbocycles. The van der Waals surface area contributed by atoms with Gasteiger partial charge in [-0.3, -0.25) is 25.0 Å². The summed E-state index contributed by atoms with van der Waals surface area (Å²) < 4.78 is 11.4. The van der Waals surface area contributed by atoms with Crippen molar-refractivity contribution >= 4 is 29.5 Å². The van der Waals surface area contributed by atoms with Crippen molar-refractivity contribution in [2.24, 2.45) is 4.99 Å². The number of nitrogens with one attached hydrogen (secondary N) is 2. The van der Waals surface area contributed by atoms with Gasteiger partial charge in [-0.15, -0.1) is 0 Å². The summed E-state index contributed by atoms with van der Waals surface area (Å²) in [5, 5.41) is 5.64. The van der Waals surface area contributed by atoms with E-state index in [1.165, 1.54) is 0 Å². The predicted octanol–water partition coefficient (Wildman–Crippen LogP) is 3.01. The summed E-state index contributed by atoms with van der Waals surface area (Å²) in [5.74, 6) is 1.03. The lowest BCUT2D eigenvalue weighted by Crippen LogP contribution is -2.56. The van der Waals surface area contributed by atoms with Gasteiger partial charge >= 0.3 is 6.03 Å². The highest BCUT2D eigenvalue weighted by atomic mass is 16.5. The van der Waals surface area contributed by atoms with Crippen molar-refractivity contribution < 1.29 is 19.1 Å². The number of nitrogens with zero attached hydrogens (tertiary/aromatic N) is 4. The highest BCUT2D eigenvalue weighted by Crippen LogP contribution is 2.27. The van der Waals surface area contributed by atoms with E-state index in [-0.39, 0.29) is 13.2 Å². The number of carbonyl (C=O) groups is 2. The summed E-state index contributed by atoms with van der Waals surface area (Å²) in [6.07, 6.45) is 5.15. The smallest absolute Gasteiger partial charge is 0.329 e. The van der Waals surface area contributed by atoms with Gasteiger partial charge in [0.1, 0.15) is 22.9 Å². The molecule has 0 saturated carbocycles. The van der Waals surface area contributed by atoms with E-state index in [1.807, 2.05) is 0 Å². The van der Waals surface area contributed by atoms with Crippen molar-refractivity contribution in [2.45, 2.75) is 26.4 Å². The van der Waals surface area contributed by atoms with Crippen LogP contribution in [0.15, 0.2) is 41.7 Å². The Bertz CT molecular complexity index is 1100. The van der Waals surface area contributed by atoms with Crippen LogP contribution in [0.1, 0.15) is 25.2 Å². The zero-order chi connectivity index (χ0) is 24.0. The van der Waals surface area contributed by atoms with Gasteiger partial charge in [-0.25, -0.2) is 9.78 Å². The largest absolute Gasteiger partial charge is 0.455 e. The monoisotopic (exact) mass is 452 g/mol. The van der Waals surface area contributed by atoms with E-state index < -0.39 is 17.5 Å². The average molecular weight is 453 g/mol. The Labute approximate surface area is 192 Å². The first-order valence-corrected chi connectivity index (χ1v) is 10.4. The molecule has 0 aromatic carbocycles. The normalized spacial score (nSPS) is 16.1. The number of aromatic nitrogens is 2. The Morgan fingerprint density at radius 1 is 1.33 bits per heavy atom. The maximum atomic E-state index is 12.6. The fraction of sp³-hybridized carbons (Fsp3) is 0.348. The van der Waals surface area contributed by atoms with Crippen LogP contribution in [0.3, 0.4) is 0 Å². The Morgan fingerprint density at radius 2 is 2.12 bits per heavy atom. The van der Waals surface area contributed by atoms with Gasteiger partial charge in [0.05, 0.1) is 24.5 Å². The number of amides is 3. The topological polar surface area (TPSA) is 118 Å². The summed E-state index contributed by atoms with van der Waals surface area (Å²) in [6.45, 7) is 5.52. The third-order valence-electron chi connectivity index (χ3n) is 4.88. The lowest BCUT2D eigenvalue weighted by atomic mass is 10.1. The van der Waals surface area contributed by atoms with E-state index in [1.54, 1.807) is 77.7 Å². The number of ether oxygens (including phenoxy) is 2. The highest BCUT2D eigenvalue weighted by Gasteiger charge is 2.39. The zero-order valence-electron chi connectivity index (χ0n) is 19.4. The van der Waals surface area contributed by atoms with Gasteiger partial charge < -0.3 is 14.8 Å². The van der Waals surface area contributed by atoms with Crippen molar-refractivity contribution in [1.82, 2.24) is 20.2 Å². The minimum Gasteiger partial charge on any atom is -0.455 e. The average Bonchev–Trinajstić information content (AvgIpc) is 2.77. The molecule has 1 aliphatic rings. The molecule has 2 aromatic rings. The molecule has 3 amide bonds. The Morgan fingerprint density at radius 3 is 2.82 bits per heavy atom. The first-order valence-electron chi connectivity index (χ1n) is 10.4.